The quantitative estimate of drug-likeness (QED) is 0.759. The van der Waals surface area contributed by atoms with Crippen LogP contribution in [0.15, 0.2) is 36.4 Å². The normalized spacial score (nSPS) is 12.5. The molecular weight excluding hydrogens is 281 g/mol. The molecule has 1 N–H and O–H groups in total. The van der Waals surface area contributed by atoms with Crippen LogP contribution in [-0.4, -0.2) is 13.1 Å². The van der Waals surface area contributed by atoms with Gasteiger partial charge < -0.3 is 5.32 Å². The van der Waals surface area contributed by atoms with Crippen LogP contribution in [0, 0.1) is 11.7 Å². The lowest BCUT2D eigenvalue weighted by atomic mass is 9.95. The molecule has 21 heavy (non-hydrogen) atoms. The molecule has 0 fully saturated rings. The highest BCUT2D eigenvalue weighted by atomic mass is 32.1. The third-order valence-electron chi connectivity index (χ3n) is 3.68. The Morgan fingerprint density at radius 1 is 1.00 bits per heavy atom. The molecule has 0 saturated carbocycles. The number of rotatable bonds is 8. The third-order valence-corrected chi connectivity index (χ3v) is 4.93. The second kappa shape index (κ2) is 8.30. The van der Waals surface area contributed by atoms with Crippen molar-refractivity contribution in [2.24, 2.45) is 5.92 Å². The Balaban J connectivity index is 2.01. The van der Waals surface area contributed by atoms with E-state index in [1.165, 1.54) is 15.3 Å². The number of halogens is 1. The van der Waals surface area contributed by atoms with Crippen LogP contribution < -0.4 is 5.32 Å². The summed E-state index contributed by atoms with van der Waals surface area (Å²) in [4.78, 5) is 2.91. The van der Waals surface area contributed by atoms with Gasteiger partial charge in [-0.15, -0.1) is 11.3 Å². The van der Waals surface area contributed by atoms with Gasteiger partial charge in [0.1, 0.15) is 5.82 Å². The van der Waals surface area contributed by atoms with Crippen LogP contribution in [0.2, 0.25) is 0 Å². The van der Waals surface area contributed by atoms with E-state index in [-0.39, 0.29) is 5.82 Å². The molecule has 0 radical (unpaired) electrons. The number of aryl methyl sites for hydroxylation is 1. The maximum atomic E-state index is 13.0. The van der Waals surface area contributed by atoms with Crippen molar-refractivity contribution >= 4 is 11.3 Å². The Labute approximate surface area is 131 Å². The highest BCUT2D eigenvalue weighted by Gasteiger charge is 2.12. The molecule has 0 aliphatic carbocycles. The molecule has 0 amide bonds. The summed E-state index contributed by atoms with van der Waals surface area (Å²) in [7, 11) is 0. The summed E-state index contributed by atoms with van der Waals surface area (Å²) >= 11 is 1.92. The average Bonchev–Trinajstić information content (AvgIpc) is 2.95. The summed E-state index contributed by atoms with van der Waals surface area (Å²) in [5.41, 5.74) is 1.21. The zero-order valence-electron chi connectivity index (χ0n) is 12.9. The summed E-state index contributed by atoms with van der Waals surface area (Å²) in [5.74, 6) is 0.395. The van der Waals surface area contributed by atoms with Crippen LogP contribution in [0.5, 0.6) is 0 Å². The summed E-state index contributed by atoms with van der Waals surface area (Å²) in [6.07, 6.45) is 3.20. The summed E-state index contributed by atoms with van der Waals surface area (Å²) in [6.45, 7) is 6.33. The van der Waals surface area contributed by atoms with E-state index in [2.05, 4.69) is 31.3 Å². The zero-order valence-corrected chi connectivity index (χ0v) is 13.7. The minimum Gasteiger partial charge on any atom is -0.317 e. The SMILES string of the molecule is CCNCC(Cc1ccc(F)cc1)Cc1ccc(CC)s1. The molecule has 114 valence electrons. The van der Waals surface area contributed by atoms with Gasteiger partial charge in [-0.05, 0) is 68.1 Å². The molecule has 0 aliphatic heterocycles. The highest BCUT2D eigenvalue weighted by molar-refractivity contribution is 7.11. The fraction of sp³-hybridized carbons (Fsp3) is 0.444. The van der Waals surface area contributed by atoms with E-state index in [4.69, 9.17) is 0 Å². The summed E-state index contributed by atoms with van der Waals surface area (Å²) in [6, 6.07) is 11.4. The lowest BCUT2D eigenvalue weighted by Crippen LogP contribution is -2.25. The van der Waals surface area contributed by atoms with Crippen LogP contribution in [0.3, 0.4) is 0 Å². The van der Waals surface area contributed by atoms with Crippen LogP contribution in [0.1, 0.15) is 29.2 Å². The first-order chi connectivity index (χ1) is 10.2. The van der Waals surface area contributed by atoms with Gasteiger partial charge in [-0.25, -0.2) is 4.39 Å². The Morgan fingerprint density at radius 3 is 2.33 bits per heavy atom. The van der Waals surface area contributed by atoms with Gasteiger partial charge in [-0.2, -0.15) is 0 Å². The molecule has 1 nitrogen and oxygen atoms in total. The molecule has 0 aliphatic rings. The van der Waals surface area contributed by atoms with E-state index in [9.17, 15) is 4.39 Å². The van der Waals surface area contributed by atoms with Gasteiger partial charge in [0, 0.05) is 9.75 Å². The molecule has 1 unspecified atom stereocenters. The number of nitrogens with one attached hydrogen (secondary N) is 1. The Bertz CT molecular complexity index is 532. The Morgan fingerprint density at radius 2 is 1.71 bits per heavy atom. The van der Waals surface area contributed by atoms with Gasteiger partial charge >= 0.3 is 0 Å². The predicted octanol–water partition coefficient (Wildman–Crippen LogP) is 4.46. The first-order valence-electron chi connectivity index (χ1n) is 7.74. The number of hydrogen-bond donors (Lipinski definition) is 1. The van der Waals surface area contributed by atoms with Crippen molar-refractivity contribution in [3.63, 3.8) is 0 Å². The van der Waals surface area contributed by atoms with Crippen molar-refractivity contribution < 1.29 is 4.39 Å². The largest absolute Gasteiger partial charge is 0.317 e. The molecule has 2 aromatic rings. The lowest BCUT2D eigenvalue weighted by molar-refractivity contribution is 0.480. The molecule has 0 spiro atoms. The van der Waals surface area contributed by atoms with Gasteiger partial charge in [0.25, 0.3) is 0 Å². The van der Waals surface area contributed by atoms with Gasteiger partial charge in [0.2, 0.25) is 0 Å². The maximum Gasteiger partial charge on any atom is 0.123 e. The smallest absolute Gasteiger partial charge is 0.123 e. The number of benzene rings is 1. The third kappa shape index (κ3) is 5.25. The molecule has 0 saturated heterocycles. The summed E-state index contributed by atoms with van der Waals surface area (Å²) < 4.78 is 13.0. The van der Waals surface area contributed by atoms with E-state index >= 15 is 0 Å². The van der Waals surface area contributed by atoms with E-state index in [1.807, 2.05) is 23.5 Å². The minimum absolute atomic E-state index is 0.159. The molecule has 2 rings (SSSR count). The van der Waals surface area contributed by atoms with Crippen LogP contribution in [0.25, 0.3) is 0 Å². The van der Waals surface area contributed by atoms with Crippen molar-refractivity contribution in [2.45, 2.75) is 33.1 Å². The molecular formula is C18H24FNS. The second-order valence-electron chi connectivity index (χ2n) is 5.43. The maximum absolute atomic E-state index is 13.0. The molecule has 1 atom stereocenters. The van der Waals surface area contributed by atoms with Crippen molar-refractivity contribution in [3.8, 4) is 0 Å². The Kier molecular flexibility index (Phi) is 6.40. The first-order valence-corrected chi connectivity index (χ1v) is 8.55. The van der Waals surface area contributed by atoms with Gasteiger partial charge in [-0.3, -0.25) is 0 Å². The van der Waals surface area contributed by atoms with Crippen molar-refractivity contribution in [2.75, 3.05) is 13.1 Å². The molecule has 0 bridgehead atoms. The standard InChI is InChI=1S/C18H24FNS/c1-3-17-9-10-18(21-17)12-15(13-20-4-2)11-14-5-7-16(19)8-6-14/h5-10,15,20H,3-4,11-13H2,1-2H3. The summed E-state index contributed by atoms with van der Waals surface area (Å²) in [5, 5.41) is 3.45. The topological polar surface area (TPSA) is 12.0 Å². The fourth-order valence-corrected chi connectivity index (χ4v) is 3.60. The van der Waals surface area contributed by atoms with E-state index in [1.54, 1.807) is 12.1 Å². The number of thiophene rings is 1. The van der Waals surface area contributed by atoms with E-state index in [0.717, 1.165) is 32.4 Å². The van der Waals surface area contributed by atoms with E-state index < -0.39 is 0 Å². The van der Waals surface area contributed by atoms with Crippen molar-refractivity contribution in [3.05, 3.63) is 57.5 Å². The molecule has 1 aromatic carbocycles. The van der Waals surface area contributed by atoms with Gasteiger partial charge in [0.15, 0.2) is 0 Å². The fourth-order valence-electron chi connectivity index (χ4n) is 2.53. The van der Waals surface area contributed by atoms with Gasteiger partial charge in [-0.1, -0.05) is 26.0 Å². The predicted molar refractivity (Wildman–Crippen MR) is 89.5 cm³/mol. The Hall–Kier alpha value is -1.19. The second-order valence-corrected chi connectivity index (χ2v) is 6.68. The van der Waals surface area contributed by atoms with Crippen LogP contribution in [0.4, 0.5) is 4.39 Å². The van der Waals surface area contributed by atoms with Crippen molar-refractivity contribution in [1.82, 2.24) is 5.32 Å². The van der Waals surface area contributed by atoms with Crippen LogP contribution >= 0.6 is 11.3 Å². The van der Waals surface area contributed by atoms with Crippen LogP contribution in [-0.2, 0) is 19.3 Å². The minimum atomic E-state index is -0.159. The van der Waals surface area contributed by atoms with E-state index in [0.29, 0.717) is 5.92 Å². The number of hydrogen-bond acceptors (Lipinski definition) is 2. The average molecular weight is 305 g/mol. The van der Waals surface area contributed by atoms with Crippen molar-refractivity contribution in [1.29, 1.82) is 0 Å². The zero-order chi connectivity index (χ0) is 15.1. The molecule has 1 aromatic heterocycles. The molecule has 1 heterocycles. The van der Waals surface area contributed by atoms with Gasteiger partial charge in [0.05, 0.1) is 0 Å². The highest BCUT2D eigenvalue weighted by Crippen LogP contribution is 2.22. The molecule has 3 heteroatoms. The first kappa shape index (κ1) is 16.2. The lowest BCUT2D eigenvalue weighted by Gasteiger charge is -2.17. The monoisotopic (exact) mass is 305 g/mol.